The van der Waals surface area contributed by atoms with Gasteiger partial charge in [0.15, 0.2) is 6.29 Å². The van der Waals surface area contributed by atoms with Crippen LogP contribution < -0.4 is 0 Å². The third kappa shape index (κ3) is 5.69. The second-order valence-electron chi connectivity index (χ2n) is 8.85. The van der Waals surface area contributed by atoms with Crippen molar-refractivity contribution < 1.29 is 9.90 Å². The summed E-state index contributed by atoms with van der Waals surface area (Å²) in [5, 5.41) is 9.25. The minimum absolute atomic E-state index is 0.242. The molecule has 3 rings (SSSR count). The van der Waals surface area contributed by atoms with Gasteiger partial charge < -0.3 is 5.11 Å². The average Bonchev–Trinajstić information content (AvgIpc) is 3.20. The van der Waals surface area contributed by atoms with Crippen molar-refractivity contribution in [2.45, 2.75) is 46.5 Å². The van der Waals surface area contributed by atoms with Crippen LogP contribution >= 0.6 is 11.3 Å². The van der Waals surface area contributed by atoms with Crippen LogP contribution in [-0.2, 0) is 0 Å². The first-order chi connectivity index (χ1) is 14.5. The first-order valence-corrected chi connectivity index (χ1v) is 12.0. The molecule has 1 atom stereocenters. The van der Waals surface area contributed by atoms with E-state index in [0.717, 1.165) is 54.1 Å². The minimum atomic E-state index is 0.242. The van der Waals surface area contributed by atoms with Gasteiger partial charge in [0.25, 0.3) is 0 Å². The van der Waals surface area contributed by atoms with Gasteiger partial charge in [0.05, 0.1) is 4.88 Å². The molecule has 1 aliphatic rings. The van der Waals surface area contributed by atoms with Crippen molar-refractivity contribution in [3.05, 3.63) is 52.4 Å². The lowest BCUT2D eigenvalue weighted by Gasteiger charge is -2.34. The van der Waals surface area contributed by atoms with Crippen molar-refractivity contribution in [3.63, 3.8) is 0 Å². The second kappa shape index (κ2) is 11.0. The summed E-state index contributed by atoms with van der Waals surface area (Å²) >= 11 is 1.60. The maximum absolute atomic E-state index is 12.0. The summed E-state index contributed by atoms with van der Waals surface area (Å²) in [6.07, 6.45) is 5.22. The maximum Gasteiger partial charge on any atom is 0.160 e. The molecule has 3 nitrogen and oxygen atoms in total. The van der Waals surface area contributed by atoms with Gasteiger partial charge in [-0.25, -0.2) is 0 Å². The molecule has 0 aliphatic carbocycles. The summed E-state index contributed by atoms with van der Waals surface area (Å²) in [6, 6.07) is 12.6. The zero-order valence-corrected chi connectivity index (χ0v) is 19.4. The van der Waals surface area contributed by atoms with Crippen molar-refractivity contribution in [3.8, 4) is 10.4 Å². The smallest absolute Gasteiger partial charge is 0.160 e. The van der Waals surface area contributed by atoms with Crippen molar-refractivity contribution in [2.75, 3.05) is 26.2 Å². The Morgan fingerprint density at radius 3 is 2.60 bits per heavy atom. The fraction of sp³-hybridized carbons (Fsp3) is 0.500. The molecule has 1 N–H and O–H groups in total. The van der Waals surface area contributed by atoms with Crippen LogP contribution in [0.25, 0.3) is 16.0 Å². The van der Waals surface area contributed by atoms with Crippen LogP contribution in [-0.4, -0.2) is 42.5 Å². The largest absolute Gasteiger partial charge is 0.396 e. The van der Waals surface area contributed by atoms with Gasteiger partial charge in [0.1, 0.15) is 0 Å². The van der Waals surface area contributed by atoms with Crippen LogP contribution in [0.2, 0.25) is 0 Å². The Morgan fingerprint density at radius 1 is 1.17 bits per heavy atom. The lowest BCUT2D eigenvalue weighted by molar-refractivity contribution is 0.112. The first-order valence-electron chi connectivity index (χ1n) is 11.2. The molecule has 30 heavy (non-hydrogen) atoms. The van der Waals surface area contributed by atoms with E-state index in [1.165, 1.54) is 29.6 Å². The number of hydrogen-bond acceptors (Lipinski definition) is 4. The highest BCUT2D eigenvalue weighted by molar-refractivity contribution is 7.17. The number of hydrogen-bond donors (Lipinski definition) is 1. The van der Waals surface area contributed by atoms with Crippen LogP contribution in [0.15, 0.2) is 42.0 Å². The van der Waals surface area contributed by atoms with Crippen LogP contribution in [0.1, 0.15) is 61.7 Å². The average molecular weight is 426 g/mol. The Bertz CT molecular complexity index is 853. The van der Waals surface area contributed by atoms with Gasteiger partial charge in [0, 0.05) is 31.1 Å². The molecule has 0 radical (unpaired) electrons. The SMILES string of the molecule is CC(C)CCC(C)C1=C(c2cc(-c3ccccc3)sc2C=O)CCN(CCCO)C1. The van der Waals surface area contributed by atoms with Crippen molar-refractivity contribution in [1.29, 1.82) is 0 Å². The predicted octanol–water partition coefficient (Wildman–Crippen LogP) is 6.14. The third-order valence-corrected chi connectivity index (χ3v) is 7.22. The molecule has 0 fully saturated rings. The number of aldehydes is 1. The maximum atomic E-state index is 12.0. The number of benzene rings is 1. The number of rotatable bonds is 10. The third-order valence-electron chi connectivity index (χ3n) is 6.12. The van der Waals surface area contributed by atoms with Crippen LogP contribution in [0.5, 0.6) is 0 Å². The van der Waals surface area contributed by atoms with Gasteiger partial charge in [-0.15, -0.1) is 11.3 Å². The predicted molar refractivity (Wildman–Crippen MR) is 128 cm³/mol. The molecule has 1 aromatic heterocycles. The molecule has 0 amide bonds. The van der Waals surface area contributed by atoms with Gasteiger partial charge in [-0.05, 0) is 59.4 Å². The molecule has 4 heteroatoms. The van der Waals surface area contributed by atoms with E-state index in [1.807, 2.05) is 18.2 Å². The lowest BCUT2D eigenvalue weighted by Crippen LogP contribution is -2.34. The molecule has 0 spiro atoms. The highest BCUT2D eigenvalue weighted by Crippen LogP contribution is 2.40. The fourth-order valence-electron chi connectivity index (χ4n) is 4.32. The number of aliphatic hydroxyl groups is 1. The Balaban J connectivity index is 1.98. The molecule has 1 aromatic carbocycles. The number of nitrogens with zero attached hydrogens (tertiary/aromatic N) is 1. The standard InChI is InChI=1S/C26H35NO2S/c1-19(2)10-11-20(3)24-17-27(13-7-15-28)14-12-22(24)23-16-25(30-26(23)18-29)21-8-5-4-6-9-21/h4-6,8-9,16,18-20,28H,7,10-15,17H2,1-3H3. The van der Waals surface area contributed by atoms with Gasteiger partial charge >= 0.3 is 0 Å². The van der Waals surface area contributed by atoms with E-state index in [0.29, 0.717) is 11.8 Å². The first kappa shape index (κ1) is 22.9. The number of carbonyl (C=O) groups excluding carboxylic acids is 1. The van der Waals surface area contributed by atoms with Crippen molar-refractivity contribution in [2.24, 2.45) is 11.8 Å². The Hall–Kier alpha value is -1.75. The summed E-state index contributed by atoms with van der Waals surface area (Å²) in [6.45, 7) is 10.0. The fourth-order valence-corrected chi connectivity index (χ4v) is 5.33. The van der Waals surface area contributed by atoms with Gasteiger partial charge in [-0.2, -0.15) is 0 Å². The number of carbonyl (C=O) groups is 1. The van der Waals surface area contributed by atoms with Gasteiger partial charge in [-0.3, -0.25) is 9.69 Å². The van der Waals surface area contributed by atoms with E-state index in [1.54, 1.807) is 11.3 Å². The Kier molecular flexibility index (Phi) is 8.43. The summed E-state index contributed by atoms with van der Waals surface area (Å²) in [5.41, 5.74) is 5.18. The molecule has 1 unspecified atom stereocenters. The van der Waals surface area contributed by atoms with Crippen molar-refractivity contribution in [1.82, 2.24) is 4.90 Å². The number of aliphatic hydroxyl groups excluding tert-OH is 1. The highest BCUT2D eigenvalue weighted by Gasteiger charge is 2.26. The molecule has 2 heterocycles. The van der Waals surface area contributed by atoms with E-state index in [4.69, 9.17) is 0 Å². The Labute approximate surface area is 185 Å². The topological polar surface area (TPSA) is 40.5 Å². The van der Waals surface area contributed by atoms with E-state index >= 15 is 0 Å². The summed E-state index contributed by atoms with van der Waals surface area (Å²) < 4.78 is 0. The Morgan fingerprint density at radius 2 is 1.93 bits per heavy atom. The zero-order chi connectivity index (χ0) is 21.5. The van der Waals surface area contributed by atoms with E-state index in [9.17, 15) is 9.90 Å². The monoisotopic (exact) mass is 425 g/mol. The van der Waals surface area contributed by atoms with Gasteiger partial charge in [-0.1, -0.05) is 57.5 Å². The van der Waals surface area contributed by atoms with Crippen molar-refractivity contribution >= 4 is 23.2 Å². The second-order valence-corrected chi connectivity index (χ2v) is 9.94. The normalized spacial score (nSPS) is 16.3. The molecule has 2 aromatic rings. The van der Waals surface area contributed by atoms with Crippen LogP contribution in [0.3, 0.4) is 0 Å². The summed E-state index contributed by atoms with van der Waals surface area (Å²) in [4.78, 5) is 16.4. The molecular formula is C26H35NO2S. The molecule has 162 valence electrons. The molecular weight excluding hydrogens is 390 g/mol. The molecule has 0 saturated carbocycles. The molecule has 0 saturated heterocycles. The summed E-state index contributed by atoms with van der Waals surface area (Å²) in [7, 11) is 0. The van der Waals surface area contributed by atoms with E-state index in [2.05, 4.69) is 43.9 Å². The zero-order valence-electron chi connectivity index (χ0n) is 18.6. The minimum Gasteiger partial charge on any atom is -0.396 e. The molecule has 1 aliphatic heterocycles. The molecule has 0 bridgehead atoms. The number of thiophene rings is 1. The summed E-state index contributed by atoms with van der Waals surface area (Å²) in [5.74, 6) is 1.20. The van der Waals surface area contributed by atoms with E-state index in [-0.39, 0.29) is 6.61 Å². The quantitative estimate of drug-likeness (QED) is 0.465. The van der Waals surface area contributed by atoms with Gasteiger partial charge in [0.2, 0.25) is 0 Å². The lowest BCUT2D eigenvalue weighted by atomic mass is 9.83. The van der Waals surface area contributed by atoms with E-state index < -0.39 is 0 Å². The van der Waals surface area contributed by atoms with Crippen LogP contribution in [0.4, 0.5) is 0 Å². The van der Waals surface area contributed by atoms with Crippen LogP contribution in [0, 0.1) is 11.8 Å². The highest BCUT2D eigenvalue weighted by atomic mass is 32.1.